The molecule has 0 aliphatic carbocycles. The summed E-state index contributed by atoms with van der Waals surface area (Å²) in [4.78, 5) is 12.4. The number of hydrogen-bond donors (Lipinski definition) is 1. The van der Waals surface area contributed by atoms with E-state index in [-0.39, 0.29) is 29.8 Å². The number of rotatable bonds is 11. The molecule has 2 aromatic carbocycles. The molecule has 3 aromatic rings. The van der Waals surface area contributed by atoms with Crippen LogP contribution < -0.4 is 14.8 Å². The van der Waals surface area contributed by atoms with E-state index in [1.54, 1.807) is 26.2 Å². The van der Waals surface area contributed by atoms with Gasteiger partial charge in [-0.1, -0.05) is 0 Å². The fourth-order valence-corrected chi connectivity index (χ4v) is 3.71. The second-order valence-electron chi connectivity index (χ2n) is 8.18. The van der Waals surface area contributed by atoms with Crippen molar-refractivity contribution in [2.75, 3.05) is 39.9 Å². The van der Waals surface area contributed by atoms with Crippen molar-refractivity contribution in [3.8, 4) is 11.5 Å². The molecule has 200 valence electrons. The standard InChI is InChI=1S/C25H28F4N4O4/c1-13(17-7-15(30-3)8-19(23(17)26)25(27,28)29)31-24-18-9-22(37-12-16(35-5)11-34-4)21(36-6)10-20(18)32-14(2)33-24/h7-10,13,16H,3,11-12H2,1-2,4-6H3,(H,31,32,33)/t13-,16?/m1/s1. The zero-order valence-electron chi connectivity index (χ0n) is 21.1. The number of aromatic nitrogens is 2. The second-order valence-corrected chi connectivity index (χ2v) is 8.18. The molecule has 1 aromatic heterocycles. The lowest BCUT2D eigenvalue weighted by Gasteiger charge is -2.21. The number of aryl methyl sites for hydroxylation is 1. The van der Waals surface area contributed by atoms with Gasteiger partial charge in [0.1, 0.15) is 30.2 Å². The first-order valence-electron chi connectivity index (χ1n) is 11.2. The van der Waals surface area contributed by atoms with E-state index in [4.69, 9.17) is 18.9 Å². The number of halogens is 4. The van der Waals surface area contributed by atoms with E-state index in [2.05, 4.69) is 27.0 Å². The van der Waals surface area contributed by atoms with Crippen LogP contribution in [0.1, 0.15) is 29.9 Å². The van der Waals surface area contributed by atoms with Crippen LogP contribution in [0.25, 0.3) is 10.9 Å². The molecule has 12 heteroatoms. The molecule has 8 nitrogen and oxygen atoms in total. The molecule has 1 unspecified atom stereocenters. The second kappa shape index (κ2) is 11.7. The smallest absolute Gasteiger partial charge is 0.419 e. The number of fused-ring (bicyclic) bond motifs is 1. The highest BCUT2D eigenvalue weighted by Crippen LogP contribution is 2.39. The van der Waals surface area contributed by atoms with Gasteiger partial charge in [-0.2, -0.15) is 13.2 Å². The summed E-state index contributed by atoms with van der Waals surface area (Å²) in [5.41, 5.74) is -1.28. The zero-order valence-corrected chi connectivity index (χ0v) is 21.1. The van der Waals surface area contributed by atoms with Gasteiger partial charge in [-0.05, 0) is 38.8 Å². The maximum Gasteiger partial charge on any atom is 0.419 e. The monoisotopic (exact) mass is 524 g/mol. The number of aliphatic imine (C=N–C) groups is 1. The van der Waals surface area contributed by atoms with Gasteiger partial charge < -0.3 is 24.3 Å². The van der Waals surface area contributed by atoms with E-state index in [9.17, 15) is 17.6 Å². The molecule has 0 saturated heterocycles. The highest BCUT2D eigenvalue weighted by Gasteiger charge is 2.36. The van der Waals surface area contributed by atoms with Crippen LogP contribution in [0.5, 0.6) is 11.5 Å². The largest absolute Gasteiger partial charge is 0.493 e. The number of benzene rings is 2. The summed E-state index contributed by atoms with van der Waals surface area (Å²) in [5, 5.41) is 3.50. The van der Waals surface area contributed by atoms with Gasteiger partial charge in [-0.15, -0.1) is 0 Å². The van der Waals surface area contributed by atoms with E-state index >= 15 is 0 Å². The molecular formula is C25H28F4N4O4. The van der Waals surface area contributed by atoms with Crippen LogP contribution in [-0.4, -0.2) is 57.3 Å². The van der Waals surface area contributed by atoms with Crippen molar-refractivity contribution >= 4 is 29.1 Å². The first kappa shape index (κ1) is 28.1. The molecule has 37 heavy (non-hydrogen) atoms. The summed E-state index contributed by atoms with van der Waals surface area (Å²) in [6.07, 6.45) is -5.24. The van der Waals surface area contributed by atoms with Crippen molar-refractivity contribution in [2.45, 2.75) is 32.2 Å². The van der Waals surface area contributed by atoms with Crippen LogP contribution in [0.3, 0.4) is 0 Å². The summed E-state index contributed by atoms with van der Waals surface area (Å²) in [6, 6.07) is 4.20. The Morgan fingerprint density at radius 2 is 1.78 bits per heavy atom. The predicted molar refractivity (Wildman–Crippen MR) is 132 cm³/mol. The van der Waals surface area contributed by atoms with Gasteiger partial charge in [0.2, 0.25) is 0 Å². The number of ether oxygens (including phenoxy) is 4. The zero-order chi connectivity index (χ0) is 27.3. The van der Waals surface area contributed by atoms with Gasteiger partial charge in [-0.3, -0.25) is 4.99 Å². The van der Waals surface area contributed by atoms with Crippen molar-refractivity contribution in [2.24, 2.45) is 4.99 Å². The van der Waals surface area contributed by atoms with Crippen LogP contribution in [0.4, 0.5) is 29.1 Å². The van der Waals surface area contributed by atoms with E-state index < -0.39 is 23.6 Å². The first-order valence-corrected chi connectivity index (χ1v) is 11.2. The Hall–Kier alpha value is -3.51. The Balaban J connectivity index is 2.04. The van der Waals surface area contributed by atoms with E-state index in [0.717, 1.165) is 0 Å². The molecule has 0 saturated carbocycles. The normalized spacial score (nSPS) is 13.3. The number of alkyl halides is 3. The Bertz CT molecular complexity index is 1270. The predicted octanol–water partition coefficient (Wildman–Crippen LogP) is 5.65. The molecule has 0 amide bonds. The van der Waals surface area contributed by atoms with Gasteiger partial charge in [0.15, 0.2) is 11.5 Å². The highest BCUT2D eigenvalue weighted by molar-refractivity contribution is 5.92. The lowest BCUT2D eigenvalue weighted by molar-refractivity contribution is -0.140. The molecule has 0 aliphatic heterocycles. The third-order valence-electron chi connectivity index (χ3n) is 5.60. The van der Waals surface area contributed by atoms with E-state index in [1.165, 1.54) is 27.2 Å². The lowest BCUT2D eigenvalue weighted by atomic mass is 10.0. The lowest BCUT2D eigenvalue weighted by Crippen LogP contribution is -2.25. The topological polar surface area (TPSA) is 87.1 Å². The summed E-state index contributed by atoms with van der Waals surface area (Å²) >= 11 is 0. The molecule has 0 bridgehead atoms. The molecule has 1 N–H and O–H groups in total. The van der Waals surface area contributed by atoms with Crippen molar-refractivity contribution in [1.82, 2.24) is 9.97 Å². The molecule has 0 spiro atoms. The molecule has 3 rings (SSSR count). The maximum absolute atomic E-state index is 15.0. The minimum absolute atomic E-state index is 0.106. The van der Waals surface area contributed by atoms with Crippen LogP contribution >= 0.6 is 0 Å². The van der Waals surface area contributed by atoms with Gasteiger partial charge in [0.05, 0.1) is 36.5 Å². The first-order chi connectivity index (χ1) is 17.5. The van der Waals surface area contributed by atoms with Crippen LogP contribution in [0.15, 0.2) is 29.3 Å². The summed E-state index contributed by atoms with van der Waals surface area (Å²) in [7, 11) is 4.56. The summed E-state index contributed by atoms with van der Waals surface area (Å²) in [6.45, 7) is 6.91. The summed E-state index contributed by atoms with van der Waals surface area (Å²) < 4.78 is 77.0. The average molecular weight is 525 g/mol. The van der Waals surface area contributed by atoms with Gasteiger partial charge >= 0.3 is 6.18 Å². The van der Waals surface area contributed by atoms with Gasteiger partial charge in [0.25, 0.3) is 0 Å². The van der Waals surface area contributed by atoms with Crippen molar-refractivity contribution in [3.05, 3.63) is 47.0 Å². The average Bonchev–Trinajstić information content (AvgIpc) is 2.85. The fourth-order valence-electron chi connectivity index (χ4n) is 3.71. The quantitative estimate of drug-likeness (QED) is 0.256. The number of nitrogens with one attached hydrogen (secondary N) is 1. The van der Waals surface area contributed by atoms with Crippen LogP contribution in [-0.2, 0) is 15.7 Å². The van der Waals surface area contributed by atoms with Crippen molar-refractivity contribution < 1.29 is 36.5 Å². The van der Waals surface area contributed by atoms with E-state index in [1.807, 2.05) is 0 Å². The summed E-state index contributed by atoms with van der Waals surface area (Å²) in [5.74, 6) is 0.0228. The molecule has 0 aliphatic rings. The Labute approximate surface area is 211 Å². The number of nitrogens with zero attached hydrogens (tertiary/aromatic N) is 3. The minimum atomic E-state index is -4.90. The SMILES string of the molecule is C=Nc1cc([C@@H](C)Nc2nc(C)nc3cc(OC)c(OCC(COC)OC)cc23)c(F)c(C(F)(F)F)c1. The molecule has 0 fully saturated rings. The van der Waals surface area contributed by atoms with Gasteiger partial charge in [0, 0.05) is 31.2 Å². The number of hydrogen-bond acceptors (Lipinski definition) is 8. The highest BCUT2D eigenvalue weighted by atomic mass is 19.4. The molecule has 0 radical (unpaired) electrons. The van der Waals surface area contributed by atoms with Crippen LogP contribution in [0, 0.1) is 12.7 Å². The number of methoxy groups -OCH3 is 3. The molecule has 2 atom stereocenters. The Morgan fingerprint density at radius 1 is 1.05 bits per heavy atom. The van der Waals surface area contributed by atoms with E-state index in [0.29, 0.717) is 40.9 Å². The third-order valence-corrected chi connectivity index (χ3v) is 5.60. The van der Waals surface area contributed by atoms with Gasteiger partial charge in [-0.25, -0.2) is 14.4 Å². The van der Waals surface area contributed by atoms with Crippen LogP contribution in [0.2, 0.25) is 0 Å². The number of anilines is 1. The Morgan fingerprint density at radius 3 is 2.38 bits per heavy atom. The maximum atomic E-state index is 15.0. The fraction of sp³-hybridized carbons (Fsp3) is 0.400. The Kier molecular flexibility index (Phi) is 8.87. The third kappa shape index (κ3) is 6.44. The van der Waals surface area contributed by atoms with Crippen molar-refractivity contribution in [3.63, 3.8) is 0 Å². The van der Waals surface area contributed by atoms with Crippen molar-refractivity contribution in [1.29, 1.82) is 0 Å². The molecular weight excluding hydrogens is 496 g/mol. The molecule has 1 heterocycles. The minimum Gasteiger partial charge on any atom is -0.493 e.